The number of ether oxygens (including phenoxy) is 1. The van der Waals surface area contributed by atoms with Gasteiger partial charge in [0.1, 0.15) is 11.5 Å². The number of rotatable bonds is 9. The molecule has 0 saturated carbocycles. The van der Waals surface area contributed by atoms with Gasteiger partial charge in [-0.25, -0.2) is 4.79 Å². The van der Waals surface area contributed by atoms with E-state index < -0.39 is 10.1 Å². The fourth-order valence-corrected chi connectivity index (χ4v) is 3.20. The summed E-state index contributed by atoms with van der Waals surface area (Å²) in [4.78, 5) is 14.6. The van der Waals surface area contributed by atoms with E-state index in [1.54, 1.807) is 48.4 Å². The monoisotopic (exact) mass is 420 g/mol. The molecule has 0 saturated heterocycles. The van der Waals surface area contributed by atoms with Crippen LogP contribution in [0.5, 0.6) is 11.5 Å². The van der Waals surface area contributed by atoms with Gasteiger partial charge in [0.15, 0.2) is 0 Å². The first-order valence-corrected chi connectivity index (χ1v) is 11.0. The van der Waals surface area contributed by atoms with E-state index in [-0.39, 0.29) is 23.5 Å². The molecule has 0 radical (unpaired) electrons. The van der Waals surface area contributed by atoms with Gasteiger partial charge in [0, 0.05) is 13.1 Å². The molecule has 0 aliphatic rings. The average Bonchev–Trinajstić information content (AvgIpc) is 2.68. The van der Waals surface area contributed by atoms with E-state index >= 15 is 0 Å². The highest BCUT2D eigenvalue weighted by Crippen LogP contribution is 2.24. The Morgan fingerprint density at radius 3 is 2.34 bits per heavy atom. The zero-order valence-electron chi connectivity index (χ0n) is 17.2. The van der Waals surface area contributed by atoms with Gasteiger partial charge in [-0.3, -0.25) is 0 Å². The summed E-state index contributed by atoms with van der Waals surface area (Å²) in [6.45, 7) is 6.53. The summed E-state index contributed by atoms with van der Waals surface area (Å²) in [5.41, 5.74) is 1.46. The summed E-state index contributed by atoms with van der Waals surface area (Å²) in [5.74, 6) is 1.02. The minimum absolute atomic E-state index is 0.0972. The molecular formula is C21H28N2O5S. The Kier molecular flexibility index (Phi) is 7.90. The van der Waals surface area contributed by atoms with Gasteiger partial charge in [-0.15, -0.1) is 0 Å². The number of urea groups is 1. The topological polar surface area (TPSA) is 84.9 Å². The lowest BCUT2D eigenvalue weighted by molar-refractivity contribution is 0.201. The van der Waals surface area contributed by atoms with Crippen molar-refractivity contribution in [3.8, 4) is 11.5 Å². The Bertz CT molecular complexity index is 911. The van der Waals surface area contributed by atoms with Gasteiger partial charge in [0.05, 0.1) is 18.6 Å². The van der Waals surface area contributed by atoms with Crippen LogP contribution in [0.1, 0.15) is 26.3 Å². The first-order chi connectivity index (χ1) is 13.7. The van der Waals surface area contributed by atoms with Crippen LogP contribution < -0.4 is 14.2 Å². The standard InChI is InChI=1S/C21H28N2O5S/c1-5-29(25,26)28-18-12-10-17(11-13-18)15-23(14-16(2)3)21(24)22-19-8-6-7-9-20(19)27-4/h6-13,16H,5,14-15H2,1-4H3,(H,22,24). The highest BCUT2D eigenvalue weighted by Gasteiger charge is 2.17. The molecular weight excluding hydrogens is 392 g/mol. The number of hydrogen-bond acceptors (Lipinski definition) is 5. The maximum Gasteiger partial charge on any atom is 0.322 e. The zero-order chi connectivity index (χ0) is 21.4. The van der Waals surface area contributed by atoms with Crippen molar-refractivity contribution in [3.05, 3.63) is 54.1 Å². The van der Waals surface area contributed by atoms with Gasteiger partial charge >= 0.3 is 16.1 Å². The van der Waals surface area contributed by atoms with Gasteiger partial charge in [0.25, 0.3) is 0 Å². The molecule has 0 spiro atoms. The number of para-hydroxylation sites is 2. The summed E-state index contributed by atoms with van der Waals surface area (Å²) < 4.78 is 33.4. The molecule has 0 unspecified atom stereocenters. The van der Waals surface area contributed by atoms with Gasteiger partial charge in [-0.05, 0) is 42.7 Å². The fourth-order valence-electron chi connectivity index (χ4n) is 2.68. The predicted molar refractivity (Wildman–Crippen MR) is 114 cm³/mol. The number of amides is 2. The van der Waals surface area contributed by atoms with Crippen LogP contribution >= 0.6 is 0 Å². The van der Waals surface area contributed by atoms with Crippen molar-refractivity contribution < 1.29 is 22.1 Å². The van der Waals surface area contributed by atoms with Crippen LogP contribution in [0, 0.1) is 5.92 Å². The van der Waals surface area contributed by atoms with Crippen molar-refractivity contribution in [2.24, 2.45) is 5.92 Å². The molecule has 0 aliphatic heterocycles. The minimum atomic E-state index is -3.57. The number of methoxy groups -OCH3 is 1. The van der Waals surface area contributed by atoms with Gasteiger partial charge < -0.3 is 19.1 Å². The highest BCUT2D eigenvalue weighted by molar-refractivity contribution is 7.87. The highest BCUT2D eigenvalue weighted by atomic mass is 32.2. The van der Waals surface area contributed by atoms with Crippen LogP contribution in [-0.4, -0.2) is 38.8 Å². The van der Waals surface area contributed by atoms with Crippen molar-refractivity contribution in [2.75, 3.05) is 24.7 Å². The van der Waals surface area contributed by atoms with E-state index in [1.807, 2.05) is 26.0 Å². The van der Waals surface area contributed by atoms with Crippen LogP contribution in [0.15, 0.2) is 48.5 Å². The van der Waals surface area contributed by atoms with Gasteiger partial charge in [0.2, 0.25) is 0 Å². The molecule has 0 bridgehead atoms. The van der Waals surface area contributed by atoms with Crippen LogP contribution in [0.4, 0.5) is 10.5 Å². The Morgan fingerprint density at radius 1 is 1.10 bits per heavy atom. The molecule has 1 N–H and O–H groups in total. The minimum Gasteiger partial charge on any atom is -0.495 e. The number of carbonyl (C=O) groups is 1. The molecule has 29 heavy (non-hydrogen) atoms. The smallest absolute Gasteiger partial charge is 0.322 e. The molecule has 0 heterocycles. The van der Waals surface area contributed by atoms with E-state index in [4.69, 9.17) is 8.92 Å². The van der Waals surface area contributed by atoms with Gasteiger partial charge in [-0.2, -0.15) is 8.42 Å². The van der Waals surface area contributed by atoms with Crippen LogP contribution in [0.25, 0.3) is 0 Å². The quantitative estimate of drug-likeness (QED) is 0.617. The second kappa shape index (κ2) is 10.2. The lowest BCUT2D eigenvalue weighted by Crippen LogP contribution is -2.37. The van der Waals surface area contributed by atoms with Gasteiger partial charge in [-0.1, -0.05) is 38.1 Å². The second-order valence-corrected chi connectivity index (χ2v) is 8.84. The number of anilines is 1. The van der Waals surface area contributed by atoms with Crippen molar-refractivity contribution in [2.45, 2.75) is 27.3 Å². The average molecular weight is 421 g/mol. The maximum absolute atomic E-state index is 12.9. The first kappa shape index (κ1) is 22.5. The fraction of sp³-hybridized carbons (Fsp3) is 0.381. The Morgan fingerprint density at radius 2 is 1.76 bits per heavy atom. The van der Waals surface area contributed by atoms with Crippen molar-refractivity contribution in [1.82, 2.24) is 4.90 Å². The summed E-state index contributed by atoms with van der Waals surface area (Å²) in [6, 6.07) is 13.7. The Labute approximate surface area is 172 Å². The SMILES string of the molecule is CCS(=O)(=O)Oc1ccc(CN(CC(C)C)C(=O)Nc2ccccc2OC)cc1. The third kappa shape index (κ3) is 6.98. The van der Waals surface area contributed by atoms with Crippen molar-refractivity contribution >= 4 is 21.8 Å². The molecule has 2 aromatic carbocycles. The molecule has 7 nitrogen and oxygen atoms in total. The van der Waals surface area contributed by atoms with E-state index in [1.165, 1.54) is 6.92 Å². The molecule has 0 aromatic heterocycles. The number of carbonyl (C=O) groups excluding carboxylic acids is 1. The maximum atomic E-state index is 12.9. The molecule has 0 atom stereocenters. The molecule has 0 fully saturated rings. The van der Waals surface area contributed by atoms with E-state index in [0.717, 1.165) is 5.56 Å². The first-order valence-electron chi connectivity index (χ1n) is 9.44. The molecule has 158 valence electrons. The summed E-state index contributed by atoms with van der Waals surface area (Å²) in [7, 11) is -2.01. The number of nitrogens with zero attached hydrogens (tertiary/aromatic N) is 1. The second-order valence-electron chi connectivity index (χ2n) is 6.98. The molecule has 2 amide bonds. The lowest BCUT2D eigenvalue weighted by atomic mass is 10.1. The van der Waals surface area contributed by atoms with Crippen molar-refractivity contribution in [3.63, 3.8) is 0 Å². The summed E-state index contributed by atoms with van der Waals surface area (Å²) >= 11 is 0. The number of nitrogens with one attached hydrogen (secondary N) is 1. The summed E-state index contributed by atoms with van der Waals surface area (Å²) in [5, 5.41) is 2.90. The summed E-state index contributed by atoms with van der Waals surface area (Å²) in [6.07, 6.45) is 0. The van der Waals surface area contributed by atoms with Crippen molar-refractivity contribution in [1.29, 1.82) is 0 Å². The molecule has 2 aromatic rings. The molecule has 8 heteroatoms. The predicted octanol–water partition coefficient (Wildman–Crippen LogP) is 4.11. The number of hydrogen-bond donors (Lipinski definition) is 1. The Hall–Kier alpha value is -2.74. The molecule has 0 aliphatic carbocycles. The lowest BCUT2D eigenvalue weighted by Gasteiger charge is -2.25. The van der Waals surface area contributed by atoms with E-state index in [0.29, 0.717) is 24.5 Å². The third-order valence-electron chi connectivity index (χ3n) is 4.09. The van der Waals surface area contributed by atoms with Crippen LogP contribution in [-0.2, 0) is 16.7 Å². The van der Waals surface area contributed by atoms with Crippen LogP contribution in [0.3, 0.4) is 0 Å². The normalized spacial score (nSPS) is 11.2. The number of benzene rings is 2. The van der Waals surface area contributed by atoms with E-state index in [9.17, 15) is 13.2 Å². The van der Waals surface area contributed by atoms with Crippen LogP contribution in [0.2, 0.25) is 0 Å². The van der Waals surface area contributed by atoms with E-state index in [2.05, 4.69) is 5.32 Å². The third-order valence-corrected chi connectivity index (χ3v) is 5.25. The largest absolute Gasteiger partial charge is 0.495 e. The zero-order valence-corrected chi connectivity index (χ0v) is 18.0. The molecule has 2 rings (SSSR count). The Balaban J connectivity index is 2.12.